The van der Waals surface area contributed by atoms with Crippen molar-refractivity contribution in [2.45, 2.75) is 70.8 Å². The van der Waals surface area contributed by atoms with E-state index in [1.807, 2.05) is 6.92 Å². The third-order valence-corrected chi connectivity index (χ3v) is 6.62. The van der Waals surface area contributed by atoms with Crippen molar-refractivity contribution in [3.8, 4) is 0 Å². The van der Waals surface area contributed by atoms with Gasteiger partial charge in [0.25, 0.3) is 5.91 Å². The van der Waals surface area contributed by atoms with Gasteiger partial charge in [0.05, 0.1) is 24.6 Å². The Labute approximate surface area is 238 Å². The van der Waals surface area contributed by atoms with Gasteiger partial charge in [-0.25, -0.2) is 14.6 Å². The maximum atomic E-state index is 13.2. The average molecular weight is 603 g/mol. The van der Waals surface area contributed by atoms with Gasteiger partial charge >= 0.3 is 24.4 Å². The number of benzene rings is 1. The standard InChI is InChI=1S/C28H32F6N4O4/c1-3-4-7-23-35-17-21(38(23)18-19-8-10-20(11-9-19)25(40)42-2)16-22-24(39)37(15-6-13-28(32,33)34)26(41)36(22)14-5-12-27(29,30)31/h8-11,16-17H,3-7,12-15,18H2,1-2H3. The molecule has 3 amide bonds. The number of aromatic nitrogens is 2. The molecule has 2 heterocycles. The number of hydrogen-bond donors (Lipinski definition) is 0. The predicted octanol–water partition coefficient (Wildman–Crippen LogP) is 6.35. The van der Waals surface area contributed by atoms with Gasteiger partial charge in [-0.05, 0) is 43.0 Å². The van der Waals surface area contributed by atoms with E-state index in [4.69, 9.17) is 4.74 Å². The largest absolute Gasteiger partial charge is 0.465 e. The number of methoxy groups -OCH3 is 1. The molecule has 0 unspecified atom stereocenters. The van der Waals surface area contributed by atoms with Crippen molar-refractivity contribution in [3.05, 3.63) is 58.8 Å². The summed E-state index contributed by atoms with van der Waals surface area (Å²) < 4.78 is 83.0. The van der Waals surface area contributed by atoms with Crippen LogP contribution in [0, 0.1) is 0 Å². The zero-order valence-electron chi connectivity index (χ0n) is 23.2. The first-order valence-electron chi connectivity index (χ1n) is 13.4. The number of ether oxygens (including phenoxy) is 1. The van der Waals surface area contributed by atoms with Crippen molar-refractivity contribution in [1.82, 2.24) is 19.4 Å². The number of nitrogens with zero attached hydrogens (tertiary/aromatic N) is 4. The molecule has 0 atom stereocenters. The molecule has 0 saturated carbocycles. The Bertz CT molecular complexity index is 1280. The van der Waals surface area contributed by atoms with Crippen LogP contribution in [-0.4, -0.2) is 69.8 Å². The number of aryl methyl sites for hydroxylation is 1. The van der Waals surface area contributed by atoms with Crippen LogP contribution in [0.4, 0.5) is 31.1 Å². The number of urea groups is 1. The number of halogens is 6. The maximum Gasteiger partial charge on any atom is 0.389 e. The second-order valence-electron chi connectivity index (χ2n) is 9.84. The van der Waals surface area contributed by atoms with Gasteiger partial charge in [-0.15, -0.1) is 0 Å². The Hall–Kier alpha value is -3.84. The summed E-state index contributed by atoms with van der Waals surface area (Å²) in [4.78, 5) is 44.0. The molecule has 230 valence electrons. The van der Waals surface area contributed by atoms with Crippen molar-refractivity contribution in [1.29, 1.82) is 0 Å². The van der Waals surface area contributed by atoms with Crippen LogP contribution >= 0.6 is 0 Å². The third kappa shape index (κ3) is 8.83. The minimum Gasteiger partial charge on any atom is -0.465 e. The van der Waals surface area contributed by atoms with E-state index in [1.165, 1.54) is 19.4 Å². The second kappa shape index (κ2) is 13.9. The second-order valence-corrected chi connectivity index (χ2v) is 9.84. The highest BCUT2D eigenvalue weighted by molar-refractivity contribution is 6.13. The van der Waals surface area contributed by atoms with Crippen LogP contribution in [0.5, 0.6) is 0 Å². The predicted molar refractivity (Wildman–Crippen MR) is 140 cm³/mol. The van der Waals surface area contributed by atoms with E-state index >= 15 is 0 Å². The number of alkyl halides is 6. The van der Waals surface area contributed by atoms with E-state index < -0.39 is 69.0 Å². The number of rotatable bonds is 13. The summed E-state index contributed by atoms with van der Waals surface area (Å²) in [6.45, 7) is 1.27. The lowest BCUT2D eigenvalue weighted by atomic mass is 10.1. The number of esters is 1. The minimum atomic E-state index is -4.49. The zero-order valence-corrected chi connectivity index (χ0v) is 23.2. The number of imidazole rings is 1. The number of carbonyl (C=O) groups excluding carboxylic acids is 3. The summed E-state index contributed by atoms with van der Waals surface area (Å²) in [5.41, 5.74) is 1.25. The van der Waals surface area contributed by atoms with E-state index in [0.29, 0.717) is 28.4 Å². The topological polar surface area (TPSA) is 84.7 Å². The Morgan fingerprint density at radius 3 is 2.07 bits per heavy atom. The van der Waals surface area contributed by atoms with E-state index in [9.17, 15) is 40.7 Å². The lowest BCUT2D eigenvalue weighted by Gasteiger charge is -2.18. The van der Waals surface area contributed by atoms with Crippen LogP contribution < -0.4 is 0 Å². The monoisotopic (exact) mass is 602 g/mol. The molecule has 1 saturated heterocycles. The molecule has 1 fully saturated rings. The molecule has 1 aromatic carbocycles. The fourth-order valence-corrected chi connectivity index (χ4v) is 4.47. The quantitative estimate of drug-likeness (QED) is 0.116. The van der Waals surface area contributed by atoms with Crippen LogP contribution in [0.25, 0.3) is 6.08 Å². The van der Waals surface area contributed by atoms with Gasteiger partial charge in [-0.3, -0.25) is 14.6 Å². The van der Waals surface area contributed by atoms with Crippen molar-refractivity contribution < 1.29 is 45.5 Å². The molecule has 0 bridgehead atoms. The van der Waals surface area contributed by atoms with Crippen molar-refractivity contribution in [3.63, 3.8) is 0 Å². The van der Waals surface area contributed by atoms with Gasteiger partial charge < -0.3 is 9.30 Å². The molecule has 0 aliphatic carbocycles. The number of unbranched alkanes of at least 4 members (excludes halogenated alkanes) is 1. The fourth-order valence-electron chi connectivity index (χ4n) is 4.47. The Balaban J connectivity index is 1.96. The van der Waals surface area contributed by atoms with Crippen molar-refractivity contribution in [2.24, 2.45) is 0 Å². The molecular weight excluding hydrogens is 570 g/mol. The molecule has 0 spiro atoms. The van der Waals surface area contributed by atoms with Gasteiger partial charge in [0, 0.05) is 38.9 Å². The van der Waals surface area contributed by atoms with Crippen LogP contribution in [0.3, 0.4) is 0 Å². The molecule has 1 aromatic heterocycles. The summed E-state index contributed by atoms with van der Waals surface area (Å²) >= 11 is 0. The van der Waals surface area contributed by atoms with Gasteiger partial charge in [-0.1, -0.05) is 25.5 Å². The molecule has 14 heteroatoms. The molecule has 3 rings (SSSR count). The van der Waals surface area contributed by atoms with Gasteiger partial charge in [0.2, 0.25) is 0 Å². The SMILES string of the molecule is CCCCc1ncc(C=C2C(=O)N(CCCC(F)(F)F)C(=O)N2CCCC(F)(F)F)n1Cc1ccc(C(=O)OC)cc1. The average Bonchev–Trinajstić information content (AvgIpc) is 3.39. The fraction of sp³-hybridized carbons (Fsp3) is 0.500. The summed E-state index contributed by atoms with van der Waals surface area (Å²) in [7, 11) is 1.26. The van der Waals surface area contributed by atoms with Crippen molar-refractivity contribution in [2.75, 3.05) is 20.2 Å². The molecule has 1 aliphatic rings. The molecular formula is C28H32F6N4O4. The van der Waals surface area contributed by atoms with E-state index in [-0.39, 0.29) is 12.2 Å². The highest BCUT2D eigenvalue weighted by atomic mass is 19.4. The highest BCUT2D eigenvalue weighted by Crippen LogP contribution is 2.29. The molecule has 1 aliphatic heterocycles. The lowest BCUT2D eigenvalue weighted by molar-refractivity contribution is -0.137. The summed E-state index contributed by atoms with van der Waals surface area (Å²) in [5, 5.41) is 0. The summed E-state index contributed by atoms with van der Waals surface area (Å²) in [6, 6.07) is 5.63. The van der Waals surface area contributed by atoms with Gasteiger partial charge in [0.15, 0.2) is 0 Å². The Morgan fingerprint density at radius 2 is 1.52 bits per heavy atom. The smallest absolute Gasteiger partial charge is 0.389 e. The normalized spacial score (nSPS) is 15.3. The molecule has 8 nitrogen and oxygen atoms in total. The maximum absolute atomic E-state index is 13.2. The van der Waals surface area contributed by atoms with Gasteiger partial charge in [-0.2, -0.15) is 26.3 Å². The van der Waals surface area contributed by atoms with Gasteiger partial charge in [0.1, 0.15) is 11.5 Å². The molecule has 0 radical (unpaired) electrons. The first kappa shape index (κ1) is 32.7. The lowest BCUT2D eigenvalue weighted by Crippen LogP contribution is -2.34. The minimum absolute atomic E-state index is 0.238. The molecule has 42 heavy (non-hydrogen) atoms. The number of imide groups is 1. The number of carbonyl (C=O) groups is 3. The van der Waals surface area contributed by atoms with E-state index in [2.05, 4.69) is 4.98 Å². The van der Waals surface area contributed by atoms with Crippen LogP contribution in [0.15, 0.2) is 36.2 Å². The van der Waals surface area contributed by atoms with Crippen molar-refractivity contribution >= 4 is 24.0 Å². The highest BCUT2D eigenvalue weighted by Gasteiger charge is 2.41. The zero-order chi connectivity index (χ0) is 31.1. The van der Waals surface area contributed by atoms with E-state index in [0.717, 1.165) is 23.3 Å². The Morgan fingerprint density at radius 1 is 0.929 bits per heavy atom. The number of hydrogen-bond acceptors (Lipinski definition) is 5. The first-order chi connectivity index (χ1) is 19.7. The van der Waals surface area contributed by atoms with Crippen LogP contribution in [0.1, 0.15) is 72.9 Å². The first-order valence-corrected chi connectivity index (χ1v) is 13.4. The molecule has 0 N–H and O–H groups in total. The Kier molecular flexibility index (Phi) is 10.8. The van der Waals surface area contributed by atoms with Crippen LogP contribution in [0.2, 0.25) is 0 Å². The third-order valence-electron chi connectivity index (χ3n) is 6.62. The van der Waals surface area contributed by atoms with Crippen LogP contribution in [-0.2, 0) is 22.5 Å². The molecule has 2 aromatic rings. The summed E-state index contributed by atoms with van der Waals surface area (Å²) in [6.07, 6.45) is -7.40. The summed E-state index contributed by atoms with van der Waals surface area (Å²) in [5.74, 6) is -0.740. The number of amides is 3. The van der Waals surface area contributed by atoms with E-state index in [1.54, 1.807) is 28.8 Å².